The zero-order valence-corrected chi connectivity index (χ0v) is 12.6. The normalized spacial score (nSPS) is 10.4. The fourth-order valence-corrected chi connectivity index (χ4v) is 2.17. The molecule has 2 rings (SSSR count). The molecule has 2 N–H and O–H groups in total. The quantitative estimate of drug-likeness (QED) is 0.874. The summed E-state index contributed by atoms with van der Waals surface area (Å²) in [6.45, 7) is 4.26. The van der Waals surface area contributed by atoms with Crippen LogP contribution < -0.4 is 5.73 Å². The minimum absolute atomic E-state index is 0.0619. The van der Waals surface area contributed by atoms with Gasteiger partial charge in [-0.2, -0.15) is 10.2 Å². The van der Waals surface area contributed by atoms with Crippen molar-refractivity contribution in [3.63, 3.8) is 0 Å². The standard InChI is InChI=1S/C16H20N4O/c1-4-15-13(9-11(2)18-19-15)16(21)20(3)10-12-7-5-6-8-14(12)17/h5-9H,4,10,17H2,1-3H3. The number of para-hydroxylation sites is 1. The molecule has 0 unspecified atom stereocenters. The third-order valence-corrected chi connectivity index (χ3v) is 3.37. The van der Waals surface area contributed by atoms with Gasteiger partial charge in [-0.1, -0.05) is 25.1 Å². The third kappa shape index (κ3) is 3.37. The topological polar surface area (TPSA) is 72.1 Å². The number of carbonyl (C=O) groups excluding carboxylic acids is 1. The van der Waals surface area contributed by atoms with Crippen LogP contribution in [0.5, 0.6) is 0 Å². The molecule has 0 aliphatic heterocycles. The molecule has 0 aliphatic carbocycles. The molecular weight excluding hydrogens is 264 g/mol. The molecule has 2 aromatic rings. The van der Waals surface area contributed by atoms with Gasteiger partial charge in [0.05, 0.1) is 17.0 Å². The van der Waals surface area contributed by atoms with E-state index in [2.05, 4.69) is 10.2 Å². The van der Waals surface area contributed by atoms with Crippen LogP contribution >= 0.6 is 0 Å². The van der Waals surface area contributed by atoms with Gasteiger partial charge in [0.1, 0.15) is 0 Å². The Balaban J connectivity index is 2.24. The third-order valence-electron chi connectivity index (χ3n) is 3.37. The summed E-state index contributed by atoms with van der Waals surface area (Å²) in [5.74, 6) is -0.0619. The van der Waals surface area contributed by atoms with Crippen molar-refractivity contribution in [1.82, 2.24) is 15.1 Å². The Morgan fingerprint density at radius 1 is 1.29 bits per heavy atom. The van der Waals surface area contributed by atoms with E-state index < -0.39 is 0 Å². The molecule has 1 aromatic carbocycles. The number of rotatable bonds is 4. The van der Waals surface area contributed by atoms with E-state index in [1.54, 1.807) is 18.0 Å². The van der Waals surface area contributed by atoms with Crippen LogP contribution in [0.4, 0.5) is 5.69 Å². The summed E-state index contributed by atoms with van der Waals surface area (Å²) >= 11 is 0. The molecule has 0 atom stereocenters. The van der Waals surface area contributed by atoms with Crippen LogP contribution in [0, 0.1) is 6.92 Å². The first-order valence-electron chi connectivity index (χ1n) is 6.95. The van der Waals surface area contributed by atoms with E-state index in [1.165, 1.54) is 0 Å². The molecule has 0 saturated carbocycles. The maximum Gasteiger partial charge on any atom is 0.255 e. The van der Waals surface area contributed by atoms with E-state index in [-0.39, 0.29) is 5.91 Å². The summed E-state index contributed by atoms with van der Waals surface area (Å²) < 4.78 is 0. The SMILES string of the molecule is CCc1nnc(C)cc1C(=O)N(C)Cc1ccccc1N. The highest BCUT2D eigenvalue weighted by Crippen LogP contribution is 2.16. The number of hydrogen-bond donors (Lipinski definition) is 1. The monoisotopic (exact) mass is 284 g/mol. The Hall–Kier alpha value is -2.43. The molecule has 110 valence electrons. The minimum Gasteiger partial charge on any atom is -0.398 e. The second kappa shape index (κ2) is 6.35. The van der Waals surface area contributed by atoms with E-state index in [0.29, 0.717) is 24.2 Å². The van der Waals surface area contributed by atoms with E-state index in [1.807, 2.05) is 38.1 Å². The van der Waals surface area contributed by atoms with Crippen molar-refractivity contribution in [2.45, 2.75) is 26.8 Å². The van der Waals surface area contributed by atoms with Crippen molar-refractivity contribution < 1.29 is 4.79 Å². The fourth-order valence-electron chi connectivity index (χ4n) is 2.17. The van der Waals surface area contributed by atoms with Crippen molar-refractivity contribution in [1.29, 1.82) is 0 Å². The van der Waals surface area contributed by atoms with Crippen molar-refractivity contribution in [3.8, 4) is 0 Å². The predicted octanol–water partition coefficient (Wildman–Crippen LogP) is 2.20. The Labute approximate surface area is 124 Å². The summed E-state index contributed by atoms with van der Waals surface area (Å²) in [5.41, 5.74) is 9.63. The first kappa shape index (κ1) is 15.0. The second-order valence-corrected chi connectivity index (χ2v) is 5.06. The van der Waals surface area contributed by atoms with Gasteiger partial charge in [0.2, 0.25) is 0 Å². The van der Waals surface area contributed by atoms with Gasteiger partial charge in [-0.05, 0) is 31.0 Å². The Morgan fingerprint density at radius 3 is 2.67 bits per heavy atom. The zero-order chi connectivity index (χ0) is 15.4. The van der Waals surface area contributed by atoms with Gasteiger partial charge in [0.15, 0.2) is 0 Å². The van der Waals surface area contributed by atoms with Crippen molar-refractivity contribution >= 4 is 11.6 Å². The fraction of sp³-hybridized carbons (Fsp3) is 0.312. The molecule has 0 bridgehead atoms. The molecule has 0 spiro atoms. The highest BCUT2D eigenvalue weighted by molar-refractivity contribution is 5.95. The number of nitrogen functional groups attached to an aromatic ring is 1. The number of aromatic nitrogens is 2. The van der Waals surface area contributed by atoms with Gasteiger partial charge in [-0.3, -0.25) is 4.79 Å². The summed E-state index contributed by atoms with van der Waals surface area (Å²) in [7, 11) is 1.77. The maximum atomic E-state index is 12.6. The zero-order valence-electron chi connectivity index (χ0n) is 12.6. The molecule has 0 saturated heterocycles. The van der Waals surface area contributed by atoms with Gasteiger partial charge in [-0.25, -0.2) is 0 Å². The molecule has 1 heterocycles. The highest BCUT2D eigenvalue weighted by atomic mass is 16.2. The average molecular weight is 284 g/mol. The van der Waals surface area contributed by atoms with Crippen LogP contribution in [0.3, 0.4) is 0 Å². The molecule has 1 amide bonds. The molecule has 21 heavy (non-hydrogen) atoms. The van der Waals surface area contributed by atoms with E-state index in [9.17, 15) is 4.79 Å². The number of amides is 1. The second-order valence-electron chi connectivity index (χ2n) is 5.06. The molecule has 0 aliphatic rings. The maximum absolute atomic E-state index is 12.6. The molecule has 1 aromatic heterocycles. The number of hydrogen-bond acceptors (Lipinski definition) is 4. The highest BCUT2D eigenvalue weighted by Gasteiger charge is 2.17. The molecule has 5 nitrogen and oxygen atoms in total. The van der Waals surface area contributed by atoms with Crippen LogP contribution in [0.25, 0.3) is 0 Å². The van der Waals surface area contributed by atoms with Crippen molar-refractivity contribution in [3.05, 3.63) is 52.8 Å². The number of carbonyl (C=O) groups is 1. The van der Waals surface area contributed by atoms with Gasteiger partial charge in [-0.15, -0.1) is 0 Å². The Morgan fingerprint density at radius 2 is 2.00 bits per heavy atom. The summed E-state index contributed by atoms with van der Waals surface area (Å²) in [6, 6.07) is 9.35. The van der Waals surface area contributed by atoms with Crippen LogP contribution in [0.15, 0.2) is 30.3 Å². The van der Waals surface area contributed by atoms with E-state index in [0.717, 1.165) is 17.0 Å². The van der Waals surface area contributed by atoms with Crippen LogP contribution in [-0.4, -0.2) is 28.1 Å². The molecule has 5 heteroatoms. The van der Waals surface area contributed by atoms with Gasteiger partial charge in [0.25, 0.3) is 5.91 Å². The number of nitrogens with two attached hydrogens (primary N) is 1. The van der Waals surface area contributed by atoms with E-state index in [4.69, 9.17) is 5.73 Å². The van der Waals surface area contributed by atoms with Crippen molar-refractivity contribution in [2.75, 3.05) is 12.8 Å². The molecular formula is C16H20N4O. The van der Waals surface area contributed by atoms with E-state index >= 15 is 0 Å². The minimum atomic E-state index is -0.0619. The van der Waals surface area contributed by atoms with Gasteiger partial charge in [0, 0.05) is 19.3 Å². The Kier molecular flexibility index (Phi) is 4.52. The number of nitrogens with zero attached hydrogens (tertiary/aromatic N) is 3. The lowest BCUT2D eigenvalue weighted by Gasteiger charge is -2.19. The smallest absolute Gasteiger partial charge is 0.255 e. The largest absolute Gasteiger partial charge is 0.398 e. The average Bonchev–Trinajstić information content (AvgIpc) is 2.48. The number of benzene rings is 1. The molecule has 0 radical (unpaired) electrons. The lowest BCUT2D eigenvalue weighted by atomic mass is 10.1. The summed E-state index contributed by atoms with van der Waals surface area (Å²) in [4.78, 5) is 14.3. The predicted molar refractivity (Wildman–Crippen MR) is 82.8 cm³/mol. The van der Waals surface area contributed by atoms with Crippen LogP contribution in [0.2, 0.25) is 0 Å². The molecule has 0 fully saturated rings. The van der Waals surface area contributed by atoms with Crippen molar-refractivity contribution in [2.24, 2.45) is 0 Å². The Bertz CT molecular complexity index is 654. The first-order chi connectivity index (χ1) is 10.0. The van der Waals surface area contributed by atoms with Crippen LogP contribution in [0.1, 0.15) is 34.2 Å². The lowest BCUT2D eigenvalue weighted by Crippen LogP contribution is -2.28. The summed E-state index contributed by atoms with van der Waals surface area (Å²) in [5, 5.41) is 8.11. The lowest BCUT2D eigenvalue weighted by molar-refractivity contribution is 0.0783. The summed E-state index contributed by atoms with van der Waals surface area (Å²) in [6.07, 6.45) is 0.676. The first-order valence-corrected chi connectivity index (χ1v) is 6.95. The number of anilines is 1. The van der Waals surface area contributed by atoms with Gasteiger partial charge < -0.3 is 10.6 Å². The van der Waals surface area contributed by atoms with Crippen LogP contribution in [-0.2, 0) is 13.0 Å². The number of aryl methyl sites for hydroxylation is 2. The van der Waals surface area contributed by atoms with Gasteiger partial charge >= 0.3 is 0 Å².